The van der Waals surface area contributed by atoms with Crippen molar-refractivity contribution in [2.24, 2.45) is 10.7 Å². The van der Waals surface area contributed by atoms with Crippen LogP contribution in [0.3, 0.4) is 0 Å². The molecular weight excluding hydrogens is 475 g/mol. The van der Waals surface area contributed by atoms with Crippen LogP contribution >= 0.6 is 24.0 Å². The number of furan rings is 1. The molecule has 1 atom stereocenters. The number of nitrogens with zero attached hydrogens (tertiary/aromatic N) is 2. The Morgan fingerprint density at radius 1 is 1.32 bits per heavy atom. The highest BCUT2D eigenvalue weighted by Gasteiger charge is 2.24. The Labute approximate surface area is 183 Å². The predicted molar refractivity (Wildman–Crippen MR) is 117 cm³/mol. The number of hydrogen-bond donors (Lipinski definition) is 2. The fourth-order valence-electron chi connectivity index (χ4n) is 3.52. The van der Waals surface area contributed by atoms with E-state index in [0.717, 1.165) is 44.9 Å². The van der Waals surface area contributed by atoms with Gasteiger partial charge in [0, 0.05) is 26.7 Å². The Hall–Kier alpha value is -1.33. The molecule has 2 aliphatic rings. The first-order valence-electron chi connectivity index (χ1n) is 9.73. The first kappa shape index (κ1) is 23.0. The minimum absolute atomic E-state index is 0. The zero-order chi connectivity index (χ0) is 19.1. The number of guanidine groups is 1. The van der Waals surface area contributed by atoms with E-state index < -0.39 is 5.91 Å². The summed E-state index contributed by atoms with van der Waals surface area (Å²) in [6.07, 6.45) is 6.02. The molecule has 1 aromatic heterocycles. The maximum atomic E-state index is 11.1. The number of piperidine rings is 1. The van der Waals surface area contributed by atoms with E-state index >= 15 is 0 Å². The summed E-state index contributed by atoms with van der Waals surface area (Å²) in [6, 6.07) is 3.33. The van der Waals surface area contributed by atoms with Crippen molar-refractivity contribution in [2.45, 2.75) is 50.9 Å². The van der Waals surface area contributed by atoms with Crippen LogP contribution in [0.5, 0.6) is 0 Å². The van der Waals surface area contributed by atoms with Crippen molar-refractivity contribution in [1.29, 1.82) is 0 Å². The molecule has 0 aliphatic carbocycles. The average Bonchev–Trinajstić information content (AvgIpc) is 3.18. The number of halogens is 1. The molecule has 2 aliphatic heterocycles. The predicted octanol–water partition coefficient (Wildman–Crippen LogP) is 2.12. The number of nitrogens with two attached hydrogens (primary N) is 1. The minimum Gasteiger partial charge on any atom is -0.454 e. The van der Waals surface area contributed by atoms with Crippen molar-refractivity contribution in [2.75, 3.05) is 33.4 Å². The molecule has 1 amide bonds. The molecular formula is C19H31IN4O4. The standard InChI is InChI=1S/C19H30N4O4.HI/c1-21-19(22-12-15-5-6-17(27-15)18(20)24)23-9-7-14(8-10-23)26-13-16-4-2-3-11-25-16;/h5-6,14,16H,2-4,7-13H2,1H3,(H2,20,24)(H,21,22);1H. The highest BCUT2D eigenvalue weighted by Crippen LogP contribution is 2.18. The molecule has 0 bridgehead atoms. The van der Waals surface area contributed by atoms with Crippen molar-refractivity contribution >= 4 is 35.8 Å². The highest BCUT2D eigenvalue weighted by atomic mass is 127. The molecule has 0 spiro atoms. The van der Waals surface area contributed by atoms with Crippen LogP contribution in [0, 0.1) is 0 Å². The van der Waals surface area contributed by atoms with Gasteiger partial charge in [0.15, 0.2) is 11.7 Å². The van der Waals surface area contributed by atoms with Gasteiger partial charge in [-0.25, -0.2) is 0 Å². The van der Waals surface area contributed by atoms with Crippen LogP contribution in [0.1, 0.15) is 48.4 Å². The fraction of sp³-hybridized carbons (Fsp3) is 0.684. The van der Waals surface area contributed by atoms with Crippen LogP contribution in [-0.4, -0.2) is 62.3 Å². The number of carbonyl (C=O) groups is 1. The first-order valence-corrected chi connectivity index (χ1v) is 9.73. The van der Waals surface area contributed by atoms with Crippen molar-refractivity contribution in [3.8, 4) is 0 Å². The molecule has 1 unspecified atom stereocenters. The normalized spacial score (nSPS) is 21.2. The van der Waals surface area contributed by atoms with Gasteiger partial charge in [0.05, 0.1) is 25.4 Å². The molecule has 0 aromatic carbocycles. The quantitative estimate of drug-likeness (QED) is 0.348. The Morgan fingerprint density at radius 2 is 2.11 bits per heavy atom. The van der Waals surface area contributed by atoms with Crippen LogP contribution in [-0.2, 0) is 16.0 Å². The number of rotatable bonds is 6. The van der Waals surface area contributed by atoms with Crippen LogP contribution < -0.4 is 11.1 Å². The number of ether oxygens (including phenoxy) is 2. The van der Waals surface area contributed by atoms with Gasteiger partial charge >= 0.3 is 0 Å². The molecule has 3 rings (SSSR count). The number of carbonyl (C=O) groups excluding carboxylic acids is 1. The largest absolute Gasteiger partial charge is 0.454 e. The SMILES string of the molecule is CN=C(NCc1ccc(C(N)=O)o1)N1CCC(OCC2CCCCO2)CC1.I. The van der Waals surface area contributed by atoms with Crippen molar-refractivity contribution in [1.82, 2.24) is 10.2 Å². The van der Waals surface area contributed by atoms with Gasteiger partial charge in [-0.3, -0.25) is 9.79 Å². The third kappa shape index (κ3) is 6.63. The first-order chi connectivity index (χ1) is 13.2. The van der Waals surface area contributed by atoms with E-state index in [9.17, 15) is 4.79 Å². The van der Waals surface area contributed by atoms with Gasteiger partial charge in [0.1, 0.15) is 5.76 Å². The number of primary amides is 1. The van der Waals surface area contributed by atoms with Gasteiger partial charge in [-0.15, -0.1) is 24.0 Å². The molecule has 28 heavy (non-hydrogen) atoms. The molecule has 0 radical (unpaired) electrons. The molecule has 2 fully saturated rings. The maximum Gasteiger partial charge on any atom is 0.284 e. The lowest BCUT2D eigenvalue weighted by atomic mass is 10.1. The van der Waals surface area contributed by atoms with E-state index in [1.807, 2.05) is 0 Å². The number of amides is 1. The second kappa shape index (κ2) is 11.6. The summed E-state index contributed by atoms with van der Waals surface area (Å²) in [7, 11) is 1.77. The Morgan fingerprint density at radius 3 is 2.71 bits per heavy atom. The zero-order valence-corrected chi connectivity index (χ0v) is 18.7. The van der Waals surface area contributed by atoms with Crippen LogP contribution in [0.15, 0.2) is 21.5 Å². The molecule has 9 heteroatoms. The second-order valence-electron chi connectivity index (χ2n) is 7.04. The fourth-order valence-corrected chi connectivity index (χ4v) is 3.52. The molecule has 3 heterocycles. The molecule has 0 saturated carbocycles. The summed E-state index contributed by atoms with van der Waals surface area (Å²) in [6.45, 7) is 3.81. The maximum absolute atomic E-state index is 11.1. The summed E-state index contributed by atoms with van der Waals surface area (Å²) in [5.41, 5.74) is 5.21. The topological polar surface area (TPSA) is 102 Å². The monoisotopic (exact) mass is 506 g/mol. The van der Waals surface area contributed by atoms with Gasteiger partial charge in [-0.2, -0.15) is 0 Å². The third-order valence-corrected chi connectivity index (χ3v) is 5.07. The summed E-state index contributed by atoms with van der Waals surface area (Å²) in [5, 5.41) is 3.28. The van der Waals surface area contributed by atoms with E-state index in [1.165, 1.54) is 12.8 Å². The van der Waals surface area contributed by atoms with Crippen LogP contribution in [0.25, 0.3) is 0 Å². The van der Waals surface area contributed by atoms with Gasteiger partial charge in [-0.1, -0.05) is 0 Å². The summed E-state index contributed by atoms with van der Waals surface area (Å²) in [4.78, 5) is 17.7. The molecule has 1 aromatic rings. The lowest BCUT2D eigenvalue weighted by Gasteiger charge is -2.35. The van der Waals surface area contributed by atoms with Gasteiger partial charge in [0.2, 0.25) is 0 Å². The van der Waals surface area contributed by atoms with Crippen LogP contribution in [0.4, 0.5) is 0 Å². The lowest BCUT2D eigenvalue weighted by Crippen LogP contribution is -2.47. The smallest absolute Gasteiger partial charge is 0.284 e. The van der Waals surface area contributed by atoms with Crippen molar-refractivity contribution in [3.05, 3.63) is 23.7 Å². The van der Waals surface area contributed by atoms with Crippen molar-refractivity contribution < 1.29 is 18.7 Å². The van der Waals surface area contributed by atoms with E-state index in [1.54, 1.807) is 19.2 Å². The third-order valence-electron chi connectivity index (χ3n) is 5.07. The van der Waals surface area contributed by atoms with Gasteiger partial charge < -0.3 is 29.8 Å². The number of likely N-dealkylation sites (tertiary alicyclic amines) is 1. The van der Waals surface area contributed by atoms with Gasteiger partial charge in [-0.05, 0) is 44.2 Å². The number of hydrogen-bond acceptors (Lipinski definition) is 5. The second-order valence-corrected chi connectivity index (χ2v) is 7.04. The van der Waals surface area contributed by atoms with Crippen LogP contribution in [0.2, 0.25) is 0 Å². The molecule has 158 valence electrons. The Balaban J connectivity index is 0.00000280. The molecule has 3 N–H and O–H groups in total. The Kier molecular flexibility index (Phi) is 9.52. The number of nitrogens with one attached hydrogen (secondary N) is 1. The van der Waals surface area contributed by atoms with Gasteiger partial charge in [0.25, 0.3) is 5.91 Å². The van der Waals surface area contributed by atoms with E-state index in [-0.39, 0.29) is 41.9 Å². The average molecular weight is 506 g/mol. The highest BCUT2D eigenvalue weighted by molar-refractivity contribution is 14.0. The zero-order valence-electron chi connectivity index (χ0n) is 16.4. The molecule has 2 saturated heterocycles. The summed E-state index contributed by atoms with van der Waals surface area (Å²) >= 11 is 0. The van der Waals surface area contributed by atoms with E-state index in [0.29, 0.717) is 18.9 Å². The summed E-state index contributed by atoms with van der Waals surface area (Å²) in [5.74, 6) is 1.07. The Bertz CT molecular complexity index is 638. The molecule has 8 nitrogen and oxygen atoms in total. The minimum atomic E-state index is -0.564. The van der Waals surface area contributed by atoms with E-state index in [4.69, 9.17) is 19.6 Å². The summed E-state index contributed by atoms with van der Waals surface area (Å²) < 4.78 is 17.2. The lowest BCUT2D eigenvalue weighted by molar-refractivity contribution is -0.0721. The van der Waals surface area contributed by atoms with E-state index in [2.05, 4.69) is 15.2 Å². The number of aliphatic imine (C=N–C) groups is 1. The van der Waals surface area contributed by atoms with Crippen molar-refractivity contribution in [3.63, 3.8) is 0 Å².